The van der Waals surface area contributed by atoms with Gasteiger partial charge in [0.25, 0.3) is 0 Å². The Hall–Kier alpha value is -3.01. The molecular formula is C25H32N6O3. The van der Waals surface area contributed by atoms with Gasteiger partial charge in [0.2, 0.25) is 0 Å². The van der Waals surface area contributed by atoms with Crippen molar-refractivity contribution in [3.05, 3.63) is 47.9 Å². The van der Waals surface area contributed by atoms with Gasteiger partial charge in [0.05, 0.1) is 25.5 Å². The van der Waals surface area contributed by atoms with Crippen LogP contribution in [0.25, 0.3) is 10.8 Å². The highest BCUT2D eigenvalue weighted by Crippen LogP contribution is 2.37. The van der Waals surface area contributed by atoms with Crippen LogP contribution in [0.5, 0.6) is 11.5 Å². The molecule has 0 aliphatic carbocycles. The van der Waals surface area contributed by atoms with Gasteiger partial charge in [-0.2, -0.15) is 5.10 Å². The number of phenolic OH excluding ortho intramolecular Hbond substituents is 1. The molecule has 3 aromatic rings. The van der Waals surface area contributed by atoms with Crippen molar-refractivity contribution < 1.29 is 14.6 Å². The fourth-order valence-corrected chi connectivity index (χ4v) is 4.55. The molecule has 180 valence electrons. The lowest BCUT2D eigenvalue weighted by Gasteiger charge is -2.29. The molecule has 0 saturated carbocycles. The fraction of sp³-hybridized carbons (Fsp3) is 0.480. The summed E-state index contributed by atoms with van der Waals surface area (Å²) in [4.78, 5) is 8.74. The second-order valence-electron chi connectivity index (χ2n) is 8.76. The number of nitrogens with zero attached hydrogens (tertiary/aromatic N) is 5. The third-order valence-corrected chi connectivity index (χ3v) is 6.43. The molecular weight excluding hydrogens is 432 g/mol. The van der Waals surface area contributed by atoms with Gasteiger partial charge in [0, 0.05) is 75.4 Å². The number of piperazine rings is 1. The summed E-state index contributed by atoms with van der Waals surface area (Å²) in [5, 5.41) is 25.3. The Morgan fingerprint density at radius 2 is 1.79 bits per heavy atom. The normalized spacial score (nSPS) is 17.2. The number of aromatic nitrogens is 3. The minimum Gasteiger partial charge on any atom is -0.504 e. The van der Waals surface area contributed by atoms with E-state index in [1.165, 1.54) is 0 Å². The van der Waals surface area contributed by atoms with Crippen molar-refractivity contribution in [2.75, 3.05) is 70.5 Å². The number of aromatic hydroxyl groups is 1. The first-order valence-corrected chi connectivity index (χ1v) is 12.1. The van der Waals surface area contributed by atoms with E-state index in [9.17, 15) is 5.11 Å². The van der Waals surface area contributed by atoms with Crippen LogP contribution in [0.1, 0.15) is 17.7 Å². The second kappa shape index (κ2) is 10.9. The molecule has 2 aliphatic heterocycles. The fourth-order valence-electron chi connectivity index (χ4n) is 4.55. The van der Waals surface area contributed by atoms with Gasteiger partial charge in [-0.25, -0.2) is 0 Å². The standard InChI is InChI=1S/C25H32N6O3/c32-23-17-20-21(18-24(23)34-13-1-8-30-11-14-33-15-12-30)25(31-9-6-27-7-10-31)29-28-22(20)16-19-2-4-26-5-3-19/h2-5,17-18,27,32H,1,6-16H2. The van der Waals surface area contributed by atoms with Gasteiger partial charge < -0.3 is 24.8 Å². The Labute approximate surface area is 199 Å². The van der Waals surface area contributed by atoms with E-state index in [-0.39, 0.29) is 5.75 Å². The summed E-state index contributed by atoms with van der Waals surface area (Å²) in [7, 11) is 0. The predicted octanol–water partition coefficient (Wildman–Crippen LogP) is 1.83. The minimum absolute atomic E-state index is 0.133. The van der Waals surface area contributed by atoms with Crippen molar-refractivity contribution in [1.29, 1.82) is 0 Å². The van der Waals surface area contributed by atoms with E-state index in [4.69, 9.17) is 9.47 Å². The molecule has 34 heavy (non-hydrogen) atoms. The zero-order valence-electron chi connectivity index (χ0n) is 19.4. The van der Waals surface area contributed by atoms with Gasteiger partial charge >= 0.3 is 0 Å². The van der Waals surface area contributed by atoms with Gasteiger partial charge in [-0.05, 0) is 36.2 Å². The topological polar surface area (TPSA) is 95.9 Å². The first kappa shape index (κ1) is 22.8. The summed E-state index contributed by atoms with van der Waals surface area (Å²) in [5.41, 5.74) is 1.93. The van der Waals surface area contributed by atoms with Crippen LogP contribution in [0, 0.1) is 0 Å². The highest BCUT2D eigenvalue weighted by atomic mass is 16.5. The molecule has 0 bridgehead atoms. The highest BCUT2D eigenvalue weighted by Gasteiger charge is 2.20. The molecule has 0 unspecified atom stereocenters. The Morgan fingerprint density at radius 1 is 1.00 bits per heavy atom. The maximum atomic E-state index is 10.8. The molecule has 0 amide bonds. The Kier molecular flexibility index (Phi) is 7.33. The van der Waals surface area contributed by atoms with Crippen molar-refractivity contribution in [3.63, 3.8) is 0 Å². The largest absolute Gasteiger partial charge is 0.504 e. The highest BCUT2D eigenvalue weighted by molar-refractivity contribution is 5.96. The molecule has 2 fully saturated rings. The van der Waals surface area contributed by atoms with E-state index in [0.717, 1.165) is 93.3 Å². The molecule has 2 aliphatic rings. The van der Waals surface area contributed by atoms with Crippen LogP contribution in [0.2, 0.25) is 0 Å². The van der Waals surface area contributed by atoms with E-state index in [0.29, 0.717) is 18.8 Å². The summed E-state index contributed by atoms with van der Waals surface area (Å²) in [6.07, 6.45) is 5.07. The molecule has 9 nitrogen and oxygen atoms in total. The first-order valence-electron chi connectivity index (χ1n) is 12.1. The number of pyridine rings is 1. The molecule has 5 rings (SSSR count). The molecule has 1 aromatic carbocycles. The second-order valence-corrected chi connectivity index (χ2v) is 8.76. The van der Waals surface area contributed by atoms with E-state index >= 15 is 0 Å². The van der Waals surface area contributed by atoms with E-state index in [1.807, 2.05) is 18.2 Å². The summed E-state index contributed by atoms with van der Waals surface area (Å²) < 4.78 is 11.5. The van der Waals surface area contributed by atoms with E-state index in [2.05, 4.69) is 30.3 Å². The molecule has 2 aromatic heterocycles. The van der Waals surface area contributed by atoms with Crippen molar-refractivity contribution in [2.45, 2.75) is 12.8 Å². The molecule has 0 atom stereocenters. The zero-order valence-corrected chi connectivity index (χ0v) is 19.4. The molecule has 0 spiro atoms. The van der Waals surface area contributed by atoms with Crippen LogP contribution in [0.3, 0.4) is 0 Å². The van der Waals surface area contributed by atoms with Crippen LogP contribution >= 0.6 is 0 Å². The monoisotopic (exact) mass is 464 g/mol. The number of benzene rings is 1. The molecule has 9 heteroatoms. The third kappa shape index (κ3) is 5.38. The lowest BCUT2D eigenvalue weighted by Crippen LogP contribution is -2.44. The number of hydrogen-bond acceptors (Lipinski definition) is 9. The minimum atomic E-state index is 0.133. The molecule has 4 heterocycles. The van der Waals surface area contributed by atoms with Gasteiger partial charge in [-0.1, -0.05) is 0 Å². The van der Waals surface area contributed by atoms with Crippen molar-refractivity contribution in [1.82, 2.24) is 25.4 Å². The van der Waals surface area contributed by atoms with Crippen LogP contribution in [0.15, 0.2) is 36.7 Å². The number of phenols is 1. The lowest BCUT2D eigenvalue weighted by atomic mass is 10.0. The number of fused-ring (bicyclic) bond motifs is 1. The van der Waals surface area contributed by atoms with Crippen molar-refractivity contribution in [2.24, 2.45) is 0 Å². The molecule has 2 N–H and O–H groups in total. The van der Waals surface area contributed by atoms with Crippen LogP contribution < -0.4 is 15.0 Å². The van der Waals surface area contributed by atoms with Gasteiger partial charge in [0.15, 0.2) is 17.3 Å². The van der Waals surface area contributed by atoms with Gasteiger partial charge in [-0.15, -0.1) is 5.10 Å². The summed E-state index contributed by atoms with van der Waals surface area (Å²) in [6, 6.07) is 7.66. The number of hydrogen-bond donors (Lipinski definition) is 2. The van der Waals surface area contributed by atoms with Crippen molar-refractivity contribution >= 4 is 16.6 Å². The Bertz CT molecular complexity index is 1080. The Balaban J connectivity index is 1.40. The van der Waals surface area contributed by atoms with Gasteiger partial charge in [0.1, 0.15) is 0 Å². The quantitative estimate of drug-likeness (QED) is 0.484. The van der Waals surface area contributed by atoms with Crippen LogP contribution in [-0.2, 0) is 11.2 Å². The number of ether oxygens (including phenoxy) is 2. The number of anilines is 1. The average molecular weight is 465 g/mol. The summed E-state index contributed by atoms with van der Waals surface area (Å²) >= 11 is 0. The number of morpholine rings is 1. The average Bonchev–Trinajstić information content (AvgIpc) is 2.89. The smallest absolute Gasteiger partial charge is 0.161 e. The zero-order chi connectivity index (χ0) is 23.2. The predicted molar refractivity (Wildman–Crippen MR) is 131 cm³/mol. The molecule has 0 radical (unpaired) electrons. The third-order valence-electron chi connectivity index (χ3n) is 6.43. The van der Waals surface area contributed by atoms with Crippen LogP contribution in [0.4, 0.5) is 5.82 Å². The number of rotatable bonds is 8. The number of nitrogens with one attached hydrogen (secondary N) is 1. The summed E-state index contributed by atoms with van der Waals surface area (Å²) in [5.74, 6) is 1.47. The SMILES string of the molecule is Oc1cc2c(Cc3ccncc3)nnc(N3CCNCC3)c2cc1OCCCN1CCOCC1. The van der Waals surface area contributed by atoms with E-state index in [1.54, 1.807) is 18.5 Å². The lowest BCUT2D eigenvalue weighted by molar-refractivity contribution is 0.0357. The van der Waals surface area contributed by atoms with Gasteiger partial charge in [-0.3, -0.25) is 9.88 Å². The van der Waals surface area contributed by atoms with Crippen molar-refractivity contribution in [3.8, 4) is 11.5 Å². The van der Waals surface area contributed by atoms with Crippen LogP contribution in [-0.4, -0.2) is 90.8 Å². The maximum Gasteiger partial charge on any atom is 0.161 e. The molecule has 2 saturated heterocycles. The Morgan fingerprint density at radius 3 is 2.59 bits per heavy atom. The maximum absolute atomic E-state index is 10.8. The summed E-state index contributed by atoms with van der Waals surface area (Å²) in [6.45, 7) is 8.58. The first-order chi connectivity index (χ1) is 16.8. The van der Waals surface area contributed by atoms with E-state index < -0.39 is 0 Å².